The highest BCUT2D eigenvalue weighted by molar-refractivity contribution is 5.93. The summed E-state index contributed by atoms with van der Waals surface area (Å²) in [7, 11) is 0. The first-order valence-electron chi connectivity index (χ1n) is 6.93. The number of rotatable bonds is 1. The molecule has 0 radical (unpaired) electrons. The number of hydrogen-bond acceptors (Lipinski definition) is 4. The van der Waals surface area contributed by atoms with Crippen LogP contribution in [-0.2, 0) is 14.3 Å². The second-order valence-corrected chi connectivity index (χ2v) is 6.75. The number of ether oxygens (including phenoxy) is 1. The van der Waals surface area contributed by atoms with Gasteiger partial charge in [0, 0.05) is 35.9 Å². The molecule has 19 heavy (non-hydrogen) atoms. The fraction of sp³-hybridized carbons (Fsp3) is 0.733. The molecule has 1 N–H and O–H groups in total. The molecule has 104 valence electrons. The van der Waals surface area contributed by atoms with Crippen molar-refractivity contribution in [3.8, 4) is 0 Å². The van der Waals surface area contributed by atoms with Crippen molar-refractivity contribution in [3.05, 3.63) is 11.1 Å². The Balaban J connectivity index is 2.09. The molecule has 0 aromatic heterocycles. The number of carbonyl (C=O) groups is 2. The molecule has 1 fully saturated rings. The molecule has 0 spiro atoms. The van der Waals surface area contributed by atoms with Crippen molar-refractivity contribution < 1.29 is 19.4 Å². The van der Waals surface area contributed by atoms with E-state index in [2.05, 4.69) is 6.92 Å². The summed E-state index contributed by atoms with van der Waals surface area (Å²) in [5.41, 5.74) is 1.12. The zero-order valence-corrected chi connectivity index (χ0v) is 11.5. The lowest BCUT2D eigenvalue weighted by atomic mass is 9.50. The van der Waals surface area contributed by atoms with Crippen molar-refractivity contribution in [2.75, 3.05) is 13.2 Å². The lowest BCUT2D eigenvalue weighted by molar-refractivity contribution is -0.136. The van der Waals surface area contributed by atoms with Crippen LogP contribution in [0.15, 0.2) is 11.1 Å². The van der Waals surface area contributed by atoms with Gasteiger partial charge in [-0.2, -0.15) is 0 Å². The SMILES string of the molecule is C[C@]1(CO)CC(=O)C[C@]2(C)C3=C(CC[C@@H]12)C(=O)OC3. The second kappa shape index (κ2) is 3.92. The maximum atomic E-state index is 12.1. The van der Waals surface area contributed by atoms with E-state index in [1.54, 1.807) is 0 Å². The monoisotopic (exact) mass is 264 g/mol. The molecule has 0 bridgehead atoms. The van der Waals surface area contributed by atoms with Gasteiger partial charge >= 0.3 is 5.97 Å². The lowest BCUT2D eigenvalue weighted by Crippen LogP contribution is -2.51. The first kappa shape index (κ1) is 12.9. The fourth-order valence-corrected chi connectivity index (χ4v) is 4.57. The summed E-state index contributed by atoms with van der Waals surface area (Å²) in [5, 5.41) is 9.75. The minimum absolute atomic E-state index is 0.0242. The Morgan fingerprint density at radius 1 is 1.32 bits per heavy atom. The molecule has 2 aliphatic carbocycles. The van der Waals surface area contributed by atoms with Crippen LogP contribution >= 0.6 is 0 Å². The number of cyclic esters (lactones) is 1. The molecule has 3 aliphatic rings. The van der Waals surface area contributed by atoms with Crippen LogP contribution in [0.25, 0.3) is 0 Å². The number of Topliss-reactive ketones (excluding diaryl/α,β-unsaturated/α-hetero) is 1. The third-order valence-electron chi connectivity index (χ3n) is 5.47. The molecule has 1 aliphatic heterocycles. The van der Waals surface area contributed by atoms with Crippen LogP contribution in [-0.4, -0.2) is 30.1 Å². The van der Waals surface area contributed by atoms with Gasteiger partial charge in [-0.1, -0.05) is 13.8 Å². The Morgan fingerprint density at radius 2 is 2.05 bits per heavy atom. The maximum Gasteiger partial charge on any atom is 0.334 e. The Bertz CT molecular complexity index is 492. The Hall–Kier alpha value is -1.16. The fourth-order valence-electron chi connectivity index (χ4n) is 4.57. The number of ketones is 1. The molecule has 4 nitrogen and oxygen atoms in total. The molecule has 0 unspecified atom stereocenters. The van der Waals surface area contributed by atoms with Crippen LogP contribution in [0.2, 0.25) is 0 Å². The van der Waals surface area contributed by atoms with E-state index in [0.717, 1.165) is 24.0 Å². The van der Waals surface area contributed by atoms with Crippen LogP contribution in [0.5, 0.6) is 0 Å². The van der Waals surface area contributed by atoms with Gasteiger partial charge in [0.1, 0.15) is 12.4 Å². The van der Waals surface area contributed by atoms with Crippen LogP contribution in [0.3, 0.4) is 0 Å². The zero-order valence-electron chi connectivity index (χ0n) is 11.5. The topological polar surface area (TPSA) is 63.6 Å². The minimum atomic E-state index is -0.367. The summed E-state index contributed by atoms with van der Waals surface area (Å²) in [6.45, 7) is 4.42. The van der Waals surface area contributed by atoms with Gasteiger partial charge in [0.25, 0.3) is 0 Å². The molecule has 0 saturated heterocycles. The summed E-state index contributed by atoms with van der Waals surface area (Å²) in [6, 6.07) is 0. The van der Waals surface area contributed by atoms with Crippen molar-refractivity contribution in [2.45, 2.75) is 39.5 Å². The van der Waals surface area contributed by atoms with Crippen molar-refractivity contribution in [2.24, 2.45) is 16.7 Å². The highest BCUT2D eigenvalue weighted by Gasteiger charge is 2.56. The molecule has 4 heteroatoms. The van der Waals surface area contributed by atoms with Gasteiger partial charge in [-0.3, -0.25) is 4.79 Å². The summed E-state index contributed by atoms with van der Waals surface area (Å²) >= 11 is 0. The number of aliphatic hydroxyl groups excluding tert-OH is 1. The zero-order chi connectivity index (χ0) is 13.8. The van der Waals surface area contributed by atoms with Crippen LogP contribution in [0, 0.1) is 16.7 Å². The quantitative estimate of drug-likeness (QED) is 0.731. The standard InChI is InChI=1S/C15H20O4/c1-14(8-16)5-9(17)6-15(2)11-7-19-13(18)10(11)3-4-12(14)15/h12,16H,3-8H2,1-2H3/t12-,14+,15+/m0/s1. The molecular formula is C15H20O4. The van der Waals surface area contributed by atoms with Gasteiger partial charge in [0.05, 0.1) is 0 Å². The number of hydrogen-bond donors (Lipinski definition) is 1. The Morgan fingerprint density at radius 3 is 2.74 bits per heavy atom. The third-order valence-corrected chi connectivity index (χ3v) is 5.47. The number of esters is 1. The first-order chi connectivity index (χ1) is 8.90. The van der Waals surface area contributed by atoms with Crippen LogP contribution in [0.1, 0.15) is 39.5 Å². The van der Waals surface area contributed by atoms with E-state index in [0.29, 0.717) is 19.4 Å². The van der Waals surface area contributed by atoms with Gasteiger partial charge in [-0.05, 0) is 24.3 Å². The summed E-state index contributed by atoms with van der Waals surface area (Å²) < 4.78 is 5.16. The van der Waals surface area contributed by atoms with E-state index in [9.17, 15) is 14.7 Å². The summed E-state index contributed by atoms with van der Waals surface area (Å²) in [5.74, 6) is 0.220. The maximum absolute atomic E-state index is 12.1. The van der Waals surface area contributed by atoms with Gasteiger partial charge in [0.2, 0.25) is 0 Å². The number of aliphatic hydroxyl groups is 1. The molecule has 3 atom stereocenters. The van der Waals surface area contributed by atoms with Crippen molar-refractivity contribution in [1.29, 1.82) is 0 Å². The molecule has 0 aromatic carbocycles. The molecular weight excluding hydrogens is 244 g/mol. The second-order valence-electron chi connectivity index (χ2n) is 6.75. The highest BCUT2D eigenvalue weighted by Crippen LogP contribution is 2.59. The van der Waals surface area contributed by atoms with E-state index in [1.165, 1.54) is 0 Å². The van der Waals surface area contributed by atoms with Gasteiger partial charge in [-0.25, -0.2) is 4.79 Å². The normalized spacial score (nSPS) is 41.9. The smallest absolute Gasteiger partial charge is 0.334 e. The minimum Gasteiger partial charge on any atom is -0.458 e. The van der Waals surface area contributed by atoms with Gasteiger partial charge < -0.3 is 9.84 Å². The molecule has 0 amide bonds. The first-order valence-corrected chi connectivity index (χ1v) is 6.93. The van der Waals surface area contributed by atoms with Crippen molar-refractivity contribution in [1.82, 2.24) is 0 Å². The van der Waals surface area contributed by atoms with E-state index in [4.69, 9.17) is 4.74 Å². The Labute approximate surface area is 112 Å². The summed E-state index contributed by atoms with van der Waals surface area (Å²) in [6.07, 6.45) is 2.50. The van der Waals surface area contributed by atoms with Gasteiger partial charge in [0.15, 0.2) is 0 Å². The average Bonchev–Trinajstić information content (AvgIpc) is 2.71. The molecule has 0 aromatic rings. The highest BCUT2D eigenvalue weighted by atomic mass is 16.5. The largest absolute Gasteiger partial charge is 0.458 e. The Kier molecular flexibility index (Phi) is 2.65. The van der Waals surface area contributed by atoms with E-state index in [1.807, 2.05) is 6.92 Å². The lowest BCUT2D eigenvalue weighted by Gasteiger charge is -2.53. The molecule has 1 heterocycles. The predicted octanol–water partition coefficient (Wildman–Crippen LogP) is 1.62. The van der Waals surface area contributed by atoms with Crippen LogP contribution < -0.4 is 0 Å². The molecule has 3 rings (SSSR count). The predicted molar refractivity (Wildman–Crippen MR) is 68.2 cm³/mol. The van der Waals surface area contributed by atoms with Crippen molar-refractivity contribution in [3.63, 3.8) is 0 Å². The summed E-state index contributed by atoms with van der Waals surface area (Å²) in [4.78, 5) is 23.8. The third kappa shape index (κ3) is 1.62. The average molecular weight is 264 g/mol. The van der Waals surface area contributed by atoms with Crippen molar-refractivity contribution >= 4 is 11.8 Å². The van der Waals surface area contributed by atoms with E-state index in [-0.39, 0.29) is 35.1 Å². The van der Waals surface area contributed by atoms with E-state index >= 15 is 0 Å². The number of carbonyl (C=O) groups excluding carboxylic acids is 2. The van der Waals surface area contributed by atoms with Gasteiger partial charge in [-0.15, -0.1) is 0 Å². The number of fused-ring (bicyclic) bond motifs is 2. The van der Waals surface area contributed by atoms with Crippen LogP contribution in [0.4, 0.5) is 0 Å². The van der Waals surface area contributed by atoms with E-state index < -0.39 is 0 Å². The molecule has 1 saturated carbocycles.